The Kier molecular flexibility index (Phi) is 8.95. The van der Waals surface area contributed by atoms with Gasteiger partial charge in [-0.15, -0.1) is 0 Å². The monoisotopic (exact) mass is 568 g/mol. The molecule has 1 heterocycles. The molecule has 2 N–H and O–H groups in total. The van der Waals surface area contributed by atoms with Crippen LogP contribution in [0.15, 0.2) is 66.7 Å². The molecule has 0 radical (unpaired) electrons. The Balaban J connectivity index is 1.89. The van der Waals surface area contributed by atoms with Crippen LogP contribution in [-0.4, -0.2) is 39.4 Å². The highest BCUT2D eigenvalue weighted by molar-refractivity contribution is 6.30. The number of aliphatic hydroxyl groups excluding tert-OH is 1. The summed E-state index contributed by atoms with van der Waals surface area (Å²) in [5.74, 6) is -1.59. The zero-order chi connectivity index (χ0) is 28.3. The standard InChI is InChI=1S/C30H30Cl2N2O5/c1-18(20-6-11-23(31)12-7-20)34-28(21-8-13-24(32)14-9-21)30(39)33(16-4-3-5-27(36)37)26-15-10-22(19(2)35)17-25(26)29(34)38/h6-15,17-19,28,35H,3-5,16H2,1-2H3,(H,36,37)/t18-,19-,28-/m1/s1. The number of carbonyl (C=O) groups excluding carboxylic acids is 2. The third-order valence-corrected chi connectivity index (χ3v) is 7.52. The number of aliphatic carboxylic acids is 1. The average Bonchev–Trinajstić information content (AvgIpc) is 2.99. The topological polar surface area (TPSA) is 98.2 Å². The second-order valence-corrected chi connectivity index (χ2v) is 10.6. The first-order valence-corrected chi connectivity index (χ1v) is 13.5. The fourth-order valence-corrected chi connectivity index (χ4v) is 5.14. The molecule has 0 spiro atoms. The molecule has 204 valence electrons. The fraction of sp³-hybridized carbons (Fsp3) is 0.300. The number of nitrogens with zero attached hydrogens (tertiary/aromatic N) is 2. The molecule has 1 aliphatic rings. The molecular formula is C30H30Cl2N2O5. The van der Waals surface area contributed by atoms with Crippen molar-refractivity contribution in [2.24, 2.45) is 0 Å². The second kappa shape index (κ2) is 12.2. The van der Waals surface area contributed by atoms with Gasteiger partial charge in [0.25, 0.3) is 11.8 Å². The van der Waals surface area contributed by atoms with E-state index >= 15 is 0 Å². The first kappa shape index (κ1) is 28.6. The molecular weight excluding hydrogens is 539 g/mol. The van der Waals surface area contributed by atoms with Gasteiger partial charge in [-0.3, -0.25) is 14.4 Å². The minimum atomic E-state index is -0.984. The summed E-state index contributed by atoms with van der Waals surface area (Å²) >= 11 is 12.3. The van der Waals surface area contributed by atoms with Crippen LogP contribution in [0, 0.1) is 0 Å². The molecule has 3 atom stereocenters. The van der Waals surface area contributed by atoms with E-state index in [-0.39, 0.29) is 30.3 Å². The zero-order valence-electron chi connectivity index (χ0n) is 21.7. The van der Waals surface area contributed by atoms with Crippen molar-refractivity contribution in [1.29, 1.82) is 0 Å². The zero-order valence-corrected chi connectivity index (χ0v) is 23.2. The summed E-state index contributed by atoms with van der Waals surface area (Å²) in [6, 6.07) is 17.5. The van der Waals surface area contributed by atoms with Crippen LogP contribution in [-0.2, 0) is 9.59 Å². The Morgan fingerprint density at radius 1 is 0.897 bits per heavy atom. The van der Waals surface area contributed by atoms with Crippen LogP contribution >= 0.6 is 23.2 Å². The quantitative estimate of drug-likeness (QED) is 0.283. The largest absolute Gasteiger partial charge is 0.481 e. The van der Waals surface area contributed by atoms with E-state index in [9.17, 15) is 19.5 Å². The molecule has 2 amide bonds. The van der Waals surface area contributed by atoms with Crippen LogP contribution in [0.5, 0.6) is 0 Å². The molecule has 3 aromatic rings. The minimum absolute atomic E-state index is 0.0187. The maximum Gasteiger partial charge on any atom is 0.303 e. The predicted molar refractivity (Wildman–Crippen MR) is 151 cm³/mol. The number of benzene rings is 3. The highest BCUT2D eigenvalue weighted by atomic mass is 35.5. The number of carboxylic acids is 1. The predicted octanol–water partition coefficient (Wildman–Crippen LogP) is 6.59. The van der Waals surface area contributed by atoms with Crippen molar-refractivity contribution in [1.82, 2.24) is 4.90 Å². The third-order valence-electron chi connectivity index (χ3n) is 7.01. The van der Waals surface area contributed by atoms with E-state index < -0.39 is 24.2 Å². The molecule has 0 aromatic heterocycles. The Morgan fingerprint density at radius 2 is 1.49 bits per heavy atom. The fourth-order valence-electron chi connectivity index (χ4n) is 4.89. The summed E-state index contributed by atoms with van der Waals surface area (Å²) in [4.78, 5) is 43.0. The number of carboxylic acid groups (broad SMARTS) is 1. The van der Waals surface area contributed by atoms with Gasteiger partial charge in [-0.05, 0) is 79.8 Å². The Hall–Kier alpha value is -3.39. The normalized spacial score (nSPS) is 17.0. The van der Waals surface area contributed by atoms with E-state index in [4.69, 9.17) is 28.3 Å². The van der Waals surface area contributed by atoms with Crippen molar-refractivity contribution in [3.8, 4) is 0 Å². The van der Waals surface area contributed by atoms with Gasteiger partial charge in [-0.25, -0.2) is 0 Å². The lowest BCUT2D eigenvalue weighted by Gasteiger charge is -2.36. The number of unbranched alkanes of at least 4 members (excludes halogenated alkanes) is 1. The maximum atomic E-state index is 14.4. The summed E-state index contributed by atoms with van der Waals surface area (Å²) in [6.45, 7) is 3.70. The summed E-state index contributed by atoms with van der Waals surface area (Å²) in [6.07, 6.45) is -0.0239. The van der Waals surface area contributed by atoms with Crippen LogP contribution in [0.25, 0.3) is 0 Å². The smallest absolute Gasteiger partial charge is 0.303 e. The van der Waals surface area contributed by atoms with Crippen LogP contribution in [0.4, 0.5) is 5.69 Å². The van der Waals surface area contributed by atoms with E-state index in [1.54, 1.807) is 71.3 Å². The first-order chi connectivity index (χ1) is 18.6. The lowest BCUT2D eigenvalue weighted by atomic mass is 9.98. The van der Waals surface area contributed by atoms with Crippen molar-refractivity contribution in [2.45, 2.75) is 51.3 Å². The van der Waals surface area contributed by atoms with E-state index in [0.717, 1.165) is 5.56 Å². The van der Waals surface area contributed by atoms with E-state index in [1.165, 1.54) is 0 Å². The number of carbonyl (C=O) groups is 3. The molecule has 0 unspecified atom stereocenters. The Labute approximate surface area is 237 Å². The van der Waals surface area contributed by atoms with E-state index in [0.29, 0.717) is 39.7 Å². The number of halogens is 2. The van der Waals surface area contributed by atoms with Gasteiger partial charge in [0, 0.05) is 23.0 Å². The molecule has 1 aliphatic heterocycles. The highest BCUT2D eigenvalue weighted by Crippen LogP contribution is 2.41. The summed E-state index contributed by atoms with van der Waals surface area (Å²) in [5.41, 5.74) is 2.65. The number of rotatable bonds is 9. The molecule has 0 saturated heterocycles. The Bertz CT molecular complexity index is 1360. The van der Waals surface area contributed by atoms with Crippen molar-refractivity contribution in [3.05, 3.63) is 99.0 Å². The molecule has 0 fully saturated rings. The van der Waals surface area contributed by atoms with Gasteiger partial charge in [0.15, 0.2) is 0 Å². The van der Waals surface area contributed by atoms with Crippen LogP contribution in [0.3, 0.4) is 0 Å². The lowest BCUT2D eigenvalue weighted by molar-refractivity contribution is -0.137. The number of fused-ring (bicyclic) bond motifs is 1. The average molecular weight is 569 g/mol. The van der Waals surface area contributed by atoms with Gasteiger partial charge >= 0.3 is 5.97 Å². The minimum Gasteiger partial charge on any atom is -0.481 e. The van der Waals surface area contributed by atoms with Crippen LogP contribution in [0.2, 0.25) is 10.0 Å². The Morgan fingerprint density at radius 3 is 2.08 bits per heavy atom. The van der Waals surface area contributed by atoms with Gasteiger partial charge in [0.05, 0.1) is 23.4 Å². The van der Waals surface area contributed by atoms with Crippen molar-refractivity contribution < 1.29 is 24.6 Å². The first-order valence-electron chi connectivity index (χ1n) is 12.8. The second-order valence-electron chi connectivity index (χ2n) is 9.69. The molecule has 0 bridgehead atoms. The maximum absolute atomic E-state index is 14.4. The highest BCUT2D eigenvalue weighted by Gasteiger charge is 2.43. The molecule has 0 aliphatic carbocycles. The van der Waals surface area contributed by atoms with E-state index in [1.807, 2.05) is 19.1 Å². The number of amides is 2. The van der Waals surface area contributed by atoms with Crippen molar-refractivity contribution in [3.63, 3.8) is 0 Å². The molecule has 3 aromatic carbocycles. The molecule has 7 nitrogen and oxygen atoms in total. The summed E-state index contributed by atoms with van der Waals surface area (Å²) < 4.78 is 0. The molecule has 39 heavy (non-hydrogen) atoms. The number of aliphatic hydroxyl groups is 1. The van der Waals surface area contributed by atoms with Gasteiger partial charge in [0.1, 0.15) is 6.04 Å². The van der Waals surface area contributed by atoms with Crippen molar-refractivity contribution in [2.75, 3.05) is 11.4 Å². The van der Waals surface area contributed by atoms with Gasteiger partial charge in [-0.1, -0.05) is 53.5 Å². The van der Waals surface area contributed by atoms with Crippen molar-refractivity contribution >= 4 is 46.7 Å². The van der Waals surface area contributed by atoms with Gasteiger partial charge < -0.3 is 20.0 Å². The third kappa shape index (κ3) is 6.27. The van der Waals surface area contributed by atoms with Crippen LogP contribution < -0.4 is 4.90 Å². The van der Waals surface area contributed by atoms with E-state index in [2.05, 4.69) is 0 Å². The summed E-state index contributed by atoms with van der Waals surface area (Å²) in [5, 5.41) is 20.4. The molecule has 0 saturated carbocycles. The molecule has 9 heteroatoms. The SMILES string of the molecule is C[C@H](c1ccc(Cl)cc1)N1C(=O)c2cc([C@@H](C)O)ccc2N(CCCCC(=O)O)C(=O)[C@H]1c1ccc(Cl)cc1. The summed E-state index contributed by atoms with van der Waals surface area (Å²) in [7, 11) is 0. The van der Waals surface area contributed by atoms with Crippen LogP contribution in [0.1, 0.15) is 78.3 Å². The number of hydrogen-bond donors (Lipinski definition) is 2. The van der Waals surface area contributed by atoms with Gasteiger partial charge in [-0.2, -0.15) is 0 Å². The number of hydrogen-bond acceptors (Lipinski definition) is 4. The molecule has 4 rings (SSSR count). The lowest BCUT2D eigenvalue weighted by Crippen LogP contribution is -2.44. The van der Waals surface area contributed by atoms with Gasteiger partial charge in [0.2, 0.25) is 0 Å². The number of anilines is 1.